The number of alkyl halides is 1. The fraction of sp³-hybridized carbons (Fsp3) is 0.566. The van der Waals surface area contributed by atoms with Crippen molar-refractivity contribution in [2.75, 3.05) is 57.9 Å². The number of carbonyl (C=O) groups excluding carboxylic acids is 5. The number of nitrogens with one attached hydrogen (secondary N) is 2. The number of aromatic nitrogens is 3. The molecule has 3 aromatic heterocycles. The molecule has 4 aromatic rings. The van der Waals surface area contributed by atoms with Gasteiger partial charge in [0.1, 0.15) is 23.7 Å². The molecular formula is C53H68IN9O7S. The van der Waals surface area contributed by atoms with E-state index in [2.05, 4.69) is 89.5 Å². The van der Waals surface area contributed by atoms with Gasteiger partial charge in [0.25, 0.3) is 5.91 Å². The Morgan fingerprint density at radius 1 is 1.10 bits per heavy atom. The molecule has 5 atom stereocenters. The molecule has 9 rings (SSSR count). The molecular weight excluding hydrogens is 1030 g/mol. The predicted octanol–water partition coefficient (Wildman–Crippen LogP) is 7.51. The summed E-state index contributed by atoms with van der Waals surface area (Å²) in [6.07, 6.45) is 7.20. The minimum Gasteiger partial charge on any atom is -0.464 e. The summed E-state index contributed by atoms with van der Waals surface area (Å²) >= 11 is 3.60. The van der Waals surface area contributed by atoms with E-state index in [4.69, 9.17) is 19.4 Å². The van der Waals surface area contributed by atoms with Crippen LogP contribution in [-0.4, -0.2) is 140 Å². The topological polar surface area (TPSA) is 172 Å². The van der Waals surface area contributed by atoms with Crippen LogP contribution < -0.4 is 10.7 Å². The lowest BCUT2D eigenvalue weighted by Crippen LogP contribution is -2.69. The minimum atomic E-state index is -1.52. The number of ether oxygens (including phenoxy) is 2. The number of nitrogens with zero attached hydrogens (tertiary/aromatic N) is 7. The molecule has 6 bridgehead atoms. The zero-order valence-corrected chi connectivity index (χ0v) is 45.1. The number of hydrazine groups is 1. The van der Waals surface area contributed by atoms with Crippen molar-refractivity contribution in [3.05, 3.63) is 70.8 Å². The second kappa shape index (κ2) is 20.2. The fourth-order valence-corrected chi connectivity index (χ4v) is 14.0. The average molecular weight is 1100 g/mol. The van der Waals surface area contributed by atoms with Crippen LogP contribution >= 0.6 is 33.9 Å². The third-order valence-electron chi connectivity index (χ3n) is 16.0. The number of piperidine rings is 2. The lowest BCUT2D eigenvalue weighted by atomic mass is 9.67. The zero-order chi connectivity index (χ0) is 50.6. The zero-order valence-electron chi connectivity index (χ0n) is 42.1. The van der Waals surface area contributed by atoms with E-state index in [0.717, 1.165) is 70.4 Å². The number of cyclic esters (lactones) is 1. The van der Waals surface area contributed by atoms with Gasteiger partial charge < -0.3 is 34.1 Å². The van der Waals surface area contributed by atoms with Gasteiger partial charge in [0.05, 0.1) is 28.7 Å². The summed E-state index contributed by atoms with van der Waals surface area (Å²) in [6, 6.07) is 8.50. The van der Waals surface area contributed by atoms with Crippen molar-refractivity contribution in [2.24, 2.45) is 16.7 Å². The number of pyridine rings is 1. The fourth-order valence-electron chi connectivity index (χ4n) is 12.3. The van der Waals surface area contributed by atoms with E-state index in [1.165, 1.54) is 27.3 Å². The van der Waals surface area contributed by atoms with Crippen molar-refractivity contribution in [3.63, 3.8) is 0 Å². The van der Waals surface area contributed by atoms with Crippen molar-refractivity contribution < 1.29 is 33.4 Å². The molecule has 0 saturated carbocycles. The highest BCUT2D eigenvalue weighted by molar-refractivity contribution is 14.1. The number of likely N-dealkylation sites (tertiary alicyclic amines) is 2. The summed E-state index contributed by atoms with van der Waals surface area (Å²) in [6.45, 7) is 17.3. The summed E-state index contributed by atoms with van der Waals surface area (Å²) in [5.74, 6) is -1.96. The second-order valence-corrected chi connectivity index (χ2v) is 23.0. The number of rotatable bonds is 8. The number of hydrogen-bond donors (Lipinski definition) is 2. The number of esters is 1. The summed E-state index contributed by atoms with van der Waals surface area (Å²) in [7, 11) is 3.38. The van der Waals surface area contributed by atoms with Gasteiger partial charge in [-0.15, -0.1) is 11.3 Å². The Kier molecular flexibility index (Phi) is 14.5. The van der Waals surface area contributed by atoms with Crippen LogP contribution in [0.2, 0.25) is 0 Å². The average Bonchev–Trinajstić information content (AvgIpc) is 3.98. The van der Waals surface area contributed by atoms with Crippen LogP contribution in [0.5, 0.6) is 0 Å². The lowest BCUT2D eigenvalue weighted by Gasteiger charge is -2.48. The molecule has 1 aliphatic carbocycles. The van der Waals surface area contributed by atoms with E-state index in [1.54, 1.807) is 20.4 Å². The number of hydrogen-bond acceptors (Lipinski definition) is 11. The van der Waals surface area contributed by atoms with Crippen LogP contribution in [0.3, 0.4) is 0 Å². The van der Waals surface area contributed by atoms with Crippen LogP contribution in [0.4, 0.5) is 4.79 Å². The number of aryl methyl sites for hydroxylation is 1. The van der Waals surface area contributed by atoms with Gasteiger partial charge in [-0.3, -0.25) is 29.2 Å². The van der Waals surface area contributed by atoms with Crippen LogP contribution in [0.1, 0.15) is 101 Å². The number of thiazole rings is 1. The maximum atomic E-state index is 15.3. The minimum absolute atomic E-state index is 0.0593. The third-order valence-corrected chi connectivity index (χ3v) is 18.1. The standard InChI is InChI=1S/C53H68IN9O7S/c1-9-40(64)61-22-13-18-52(30-61)19-24-60(25-20-52)50(68)59(7)44(32(3)4)47(65)57-53(29-54)27-39-56-37(28-71-39)33-16-17-38-35(26-33)41-42(46(69-8)43-34(14-11-21-55-43)45(41)62(38)10-2)51(5,6)31-70-48(66)36-15-12-23-63(58-36)49(53)67/h9,11,14,16-17,21,26,28,32,36,42,44,46,58H,1,10,12-13,15,18-20,22-25,27,29-31H2,2-8H3,(H,57,65)/t36-,42?,44-,46-,53?/m0/s1. The highest BCUT2D eigenvalue weighted by Gasteiger charge is 2.50. The van der Waals surface area contributed by atoms with Crippen LogP contribution in [0, 0.1) is 16.7 Å². The number of likely N-dealkylation sites (N-methyl/N-ethyl adjacent to an activating group) is 1. The Labute approximate surface area is 434 Å². The maximum absolute atomic E-state index is 15.3. The highest BCUT2D eigenvalue weighted by Crippen LogP contribution is 2.57. The molecule has 1 spiro atoms. The molecule has 71 heavy (non-hydrogen) atoms. The first-order chi connectivity index (χ1) is 34.0. The first-order valence-electron chi connectivity index (χ1n) is 25.1. The largest absolute Gasteiger partial charge is 0.464 e. The van der Waals surface area contributed by atoms with E-state index in [0.29, 0.717) is 57.1 Å². The van der Waals surface area contributed by atoms with E-state index in [1.807, 2.05) is 35.1 Å². The molecule has 7 heterocycles. The molecule has 0 radical (unpaired) electrons. The summed E-state index contributed by atoms with van der Waals surface area (Å²) in [5, 5.41) is 8.40. The molecule has 3 saturated heterocycles. The Morgan fingerprint density at radius 3 is 2.58 bits per heavy atom. The third kappa shape index (κ3) is 9.28. The van der Waals surface area contributed by atoms with Gasteiger partial charge >= 0.3 is 12.0 Å². The first-order valence-corrected chi connectivity index (χ1v) is 27.5. The van der Waals surface area contributed by atoms with Gasteiger partial charge in [-0.05, 0) is 92.7 Å². The number of fused-ring (bicyclic) bond motifs is 8. The van der Waals surface area contributed by atoms with E-state index in [-0.39, 0.29) is 46.6 Å². The van der Waals surface area contributed by atoms with E-state index in [9.17, 15) is 14.4 Å². The molecule has 16 nitrogen and oxygen atoms in total. The quantitative estimate of drug-likeness (QED) is 0.0779. The maximum Gasteiger partial charge on any atom is 0.324 e. The van der Waals surface area contributed by atoms with Gasteiger partial charge in [-0.1, -0.05) is 62.9 Å². The number of carbonyl (C=O) groups is 5. The van der Waals surface area contributed by atoms with Gasteiger partial charge in [0, 0.05) is 109 Å². The number of benzene rings is 1. The van der Waals surface area contributed by atoms with Gasteiger partial charge in [-0.2, -0.15) is 0 Å². The molecule has 380 valence electrons. The molecule has 4 aliphatic heterocycles. The Bertz CT molecular complexity index is 2730. The van der Waals surface area contributed by atoms with Crippen LogP contribution in [0.25, 0.3) is 33.4 Å². The van der Waals surface area contributed by atoms with Crippen LogP contribution in [-0.2, 0) is 41.6 Å². The molecule has 2 N–H and O–H groups in total. The molecule has 2 unspecified atom stereocenters. The predicted molar refractivity (Wildman–Crippen MR) is 282 cm³/mol. The Balaban J connectivity index is 1.06. The van der Waals surface area contributed by atoms with Gasteiger partial charge in [-0.25, -0.2) is 15.2 Å². The smallest absolute Gasteiger partial charge is 0.324 e. The van der Waals surface area contributed by atoms with Gasteiger partial charge in [0.2, 0.25) is 11.8 Å². The molecule has 5 aliphatic rings. The van der Waals surface area contributed by atoms with Crippen molar-refractivity contribution in [3.8, 4) is 22.5 Å². The molecule has 18 heteroatoms. The number of halogens is 1. The monoisotopic (exact) mass is 1100 g/mol. The molecule has 1 aromatic carbocycles. The normalized spacial score (nSPS) is 24.5. The van der Waals surface area contributed by atoms with E-state index < -0.39 is 46.9 Å². The SMILES string of the molecule is C=CC(=O)N1CCCC2(CCN(C(=O)N(C)[C@H](C(=O)NC3(CI)Cc4nc(cs4)-c4ccc5c(c4)c4c(n5CC)-c5cccnc5[C@@H](OC)C4C(C)(C)COC(=O)[C@@H]4CCCN(N4)C3=O)C(C)C)CC2)C1. The summed E-state index contributed by atoms with van der Waals surface area (Å²) < 4.78 is 15.2. The first kappa shape index (κ1) is 51.0. The highest BCUT2D eigenvalue weighted by atomic mass is 127. The van der Waals surface area contributed by atoms with Crippen molar-refractivity contribution in [1.82, 2.24) is 45.0 Å². The Hall–Kier alpha value is -4.92. The van der Waals surface area contributed by atoms with E-state index >= 15 is 9.59 Å². The number of methoxy groups -OCH3 is 1. The second-order valence-electron chi connectivity index (χ2n) is 21.3. The Morgan fingerprint density at radius 2 is 1.87 bits per heavy atom. The summed E-state index contributed by atoms with van der Waals surface area (Å²) in [4.78, 5) is 86.8. The lowest BCUT2D eigenvalue weighted by molar-refractivity contribution is -0.158. The molecule has 3 fully saturated rings. The number of urea groups is 1. The van der Waals surface area contributed by atoms with Crippen molar-refractivity contribution in [2.45, 2.75) is 116 Å². The van der Waals surface area contributed by atoms with Crippen molar-refractivity contribution >= 4 is 74.6 Å². The van der Waals surface area contributed by atoms with Gasteiger partial charge in [0.15, 0.2) is 0 Å². The van der Waals surface area contributed by atoms with Crippen LogP contribution in [0.15, 0.2) is 54.6 Å². The summed E-state index contributed by atoms with van der Waals surface area (Å²) in [5.41, 5.74) is 7.74. The number of amides is 5. The van der Waals surface area contributed by atoms with Crippen molar-refractivity contribution in [1.29, 1.82) is 0 Å². The molecule has 5 amide bonds.